The third-order valence-electron chi connectivity index (χ3n) is 4.84. The Bertz CT molecular complexity index is 1160. The fraction of sp³-hybridized carbons (Fsp3) is 0.208. The Kier molecular flexibility index (Phi) is 6.50. The van der Waals surface area contributed by atoms with E-state index in [0.717, 1.165) is 16.3 Å². The second-order valence-corrected chi connectivity index (χ2v) is 7.01. The van der Waals surface area contributed by atoms with E-state index in [1.54, 1.807) is 24.4 Å². The van der Waals surface area contributed by atoms with Crippen LogP contribution in [-0.2, 0) is 9.59 Å². The molecule has 4 rings (SSSR count). The van der Waals surface area contributed by atoms with Crippen LogP contribution in [0.25, 0.3) is 10.8 Å². The zero-order valence-corrected chi connectivity index (χ0v) is 17.5. The molecule has 0 aromatic heterocycles. The standard InChI is InChI=1S/C24H23N3O5/c1-2-30-19-12-11-16-7-3-4-8-17(16)18(19)13-26-27-23(28)14-25-24(29)22-15-31-20-9-5-6-10-21(20)32-22/h3-13,22H,2,14-15H2,1H3,(H,25,29)(H,27,28)/b26-13-/t22-/m0/s1. The number of nitrogens with zero attached hydrogens (tertiary/aromatic N) is 1. The summed E-state index contributed by atoms with van der Waals surface area (Å²) in [5.74, 6) is 0.847. The highest BCUT2D eigenvalue weighted by Crippen LogP contribution is 2.31. The maximum atomic E-state index is 12.3. The second kappa shape index (κ2) is 9.82. The first-order chi connectivity index (χ1) is 15.7. The lowest BCUT2D eigenvalue weighted by molar-refractivity contribution is -0.132. The number of hydrazone groups is 1. The first kappa shape index (κ1) is 21.2. The summed E-state index contributed by atoms with van der Waals surface area (Å²) in [5, 5.41) is 8.57. The van der Waals surface area contributed by atoms with Crippen LogP contribution in [0.2, 0.25) is 0 Å². The van der Waals surface area contributed by atoms with E-state index in [-0.39, 0.29) is 13.2 Å². The number of para-hydroxylation sites is 2. The van der Waals surface area contributed by atoms with Gasteiger partial charge in [0.05, 0.1) is 19.4 Å². The normalized spacial score (nSPS) is 14.8. The van der Waals surface area contributed by atoms with Gasteiger partial charge in [0.25, 0.3) is 11.8 Å². The van der Waals surface area contributed by atoms with Crippen LogP contribution in [0, 0.1) is 0 Å². The van der Waals surface area contributed by atoms with Crippen molar-refractivity contribution in [2.75, 3.05) is 19.8 Å². The van der Waals surface area contributed by atoms with Crippen LogP contribution in [0.15, 0.2) is 65.8 Å². The van der Waals surface area contributed by atoms with E-state index in [2.05, 4.69) is 15.8 Å². The molecule has 3 aromatic rings. The highest BCUT2D eigenvalue weighted by molar-refractivity contribution is 6.02. The van der Waals surface area contributed by atoms with Gasteiger partial charge < -0.3 is 19.5 Å². The number of fused-ring (bicyclic) bond motifs is 2. The molecule has 0 radical (unpaired) electrons. The average molecular weight is 433 g/mol. The summed E-state index contributed by atoms with van der Waals surface area (Å²) < 4.78 is 16.8. The van der Waals surface area contributed by atoms with Crippen molar-refractivity contribution in [2.45, 2.75) is 13.0 Å². The summed E-state index contributed by atoms with van der Waals surface area (Å²) in [6.07, 6.45) is 0.716. The van der Waals surface area contributed by atoms with Crippen molar-refractivity contribution in [1.82, 2.24) is 10.7 Å². The number of benzene rings is 3. The van der Waals surface area contributed by atoms with Crippen LogP contribution in [0.4, 0.5) is 0 Å². The van der Waals surface area contributed by atoms with Gasteiger partial charge in [-0.3, -0.25) is 9.59 Å². The quantitative estimate of drug-likeness (QED) is 0.441. The molecule has 0 bridgehead atoms. The first-order valence-corrected chi connectivity index (χ1v) is 10.3. The van der Waals surface area contributed by atoms with Crippen molar-refractivity contribution in [1.29, 1.82) is 0 Å². The number of amides is 2. The Morgan fingerprint density at radius 3 is 2.72 bits per heavy atom. The zero-order valence-electron chi connectivity index (χ0n) is 17.5. The molecule has 0 spiro atoms. The topological polar surface area (TPSA) is 98.2 Å². The van der Waals surface area contributed by atoms with E-state index in [9.17, 15) is 9.59 Å². The fourth-order valence-corrected chi connectivity index (χ4v) is 3.33. The monoisotopic (exact) mass is 433 g/mol. The van der Waals surface area contributed by atoms with E-state index >= 15 is 0 Å². The third-order valence-corrected chi connectivity index (χ3v) is 4.84. The molecule has 8 nitrogen and oxygen atoms in total. The van der Waals surface area contributed by atoms with Gasteiger partial charge in [0, 0.05) is 5.56 Å². The minimum absolute atomic E-state index is 0.0733. The van der Waals surface area contributed by atoms with Gasteiger partial charge in [-0.15, -0.1) is 0 Å². The molecule has 1 heterocycles. The average Bonchev–Trinajstić information content (AvgIpc) is 2.83. The number of hydrogen-bond donors (Lipinski definition) is 2. The molecular formula is C24H23N3O5. The Morgan fingerprint density at radius 1 is 1.09 bits per heavy atom. The van der Waals surface area contributed by atoms with Crippen molar-refractivity contribution in [3.63, 3.8) is 0 Å². The van der Waals surface area contributed by atoms with E-state index < -0.39 is 17.9 Å². The Labute approximate surface area is 185 Å². The Balaban J connectivity index is 1.34. The molecule has 32 heavy (non-hydrogen) atoms. The third kappa shape index (κ3) is 4.80. The summed E-state index contributed by atoms with van der Waals surface area (Å²) in [5.41, 5.74) is 3.19. The SMILES string of the molecule is CCOc1ccc2ccccc2c1/C=N\NC(=O)CNC(=O)[C@@H]1COc2ccccc2O1. The maximum Gasteiger partial charge on any atom is 0.265 e. The van der Waals surface area contributed by atoms with Crippen LogP contribution in [0.5, 0.6) is 17.2 Å². The highest BCUT2D eigenvalue weighted by atomic mass is 16.6. The van der Waals surface area contributed by atoms with Crippen LogP contribution in [-0.4, -0.2) is 43.9 Å². The molecular weight excluding hydrogens is 410 g/mol. The van der Waals surface area contributed by atoms with Crippen molar-refractivity contribution >= 4 is 28.8 Å². The van der Waals surface area contributed by atoms with E-state index in [1.165, 1.54) is 0 Å². The highest BCUT2D eigenvalue weighted by Gasteiger charge is 2.27. The molecule has 1 atom stereocenters. The summed E-state index contributed by atoms with van der Waals surface area (Å²) in [4.78, 5) is 24.5. The molecule has 0 unspecified atom stereocenters. The predicted octanol–water partition coefficient (Wildman–Crippen LogP) is 2.64. The molecule has 1 aliphatic heterocycles. The first-order valence-electron chi connectivity index (χ1n) is 10.3. The Morgan fingerprint density at radius 2 is 1.88 bits per heavy atom. The van der Waals surface area contributed by atoms with Gasteiger partial charge in [-0.2, -0.15) is 5.10 Å². The lowest BCUT2D eigenvalue weighted by Crippen LogP contribution is -2.46. The summed E-state index contributed by atoms with van der Waals surface area (Å²) in [6, 6.07) is 18.8. The molecule has 2 amide bonds. The number of hydrogen-bond acceptors (Lipinski definition) is 6. The lowest BCUT2D eigenvalue weighted by atomic mass is 10.0. The smallest absolute Gasteiger partial charge is 0.265 e. The molecule has 1 aliphatic rings. The minimum Gasteiger partial charge on any atom is -0.493 e. The van der Waals surface area contributed by atoms with Crippen LogP contribution >= 0.6 is 0 Å². The van der Waals surface area contributed by atoms with Crippen LogP contribution in [0.3, 0.4) is 0 Å². The van der Waals surface area contributed by atoms with Crippen molar-refractivity contribution in [2.24, 2.45) is 5.10 Å². The summed E-state index contributed by atoms with van der Waals surface area (Å²) >= 11 is 0. The molecule has 0 aliphatic carbocycles. The Hall–Kier alpha value is -4.07. The molecule has 3 aromatic carbocycles. The number of carbonyl (C=O) groups is 2. The van der Waals surface area contributed by atoms with Gasteiger partial charge >= 0.3 is 0 Å². The number of carbonyl (C=O) groups excluding carboxylic acids is 2. The van der Waals surface area contributed by atoms with Crippen LogP contribution in [0.1, 0.15) is 12.5 Å². The molecule has 2 N–H and O–H groups in total. The van der Waals surface area contributed by atoms with Gasteiger partial charge in [-0.25, -0.2) is 5.43 Å². The lowest BCUT2D eigenvalue weighted by Gasteiger charge is -2.25. The van der Waals surface area contributed by atoms with Gasteiger partial charge in [0.15, 0.2) is 11.5 Å². The minimum atomic E-state index is -0.828. The summed E-state index contributed by atoms with van der Waals surface area (Å²) in [7, 11) is 0. The maximum absolute atomic E-state index is 12.3. The van der Waals surface area contributed by atoms with Crippen LogP contribution < -0.4 is 25.0 Å². The fourth-order valence-electron chi connectivity index (χ4n) is 3.33. The molecule has 164 valence electrons. The van der Waals surface area contributed by atoms with Crippen molar-refractivity contribution < 1.29 is 23.8 Å². The molecule has 0 fully saturated rings. The number of nitrogens with one attached hydrogen (secondary N) is 2. The van der Waals surface area contributed by atoms with Gasteiger partial charge in [-0.05, 0) is 35.9 Å². The second-order valence-electron chi connectivity index (χ2n) is 7.01. The van der Waals surface area contributed by atoms with Crippen molar-refractivity contribution in [3.05, 3.63) is 66.2 Å². The number of ether oxygens (including phenoxy) is 3. The zero-order chi connectivity index (χ0) is 22.3. The van der Waals surface area contributed by atoms with E-state index in [1.807, 2.05) is 49.4 Å². The van der Waals surface area contributed by atoms with Gasteiger partial charge in [0.2, 0.25) is 6.10 Å². The van der Waals surface area contributed by atoms with Gasteiger partial charge in [0.1, 0.15) is 12.4 Å². The molecule has 8 heteroatoms. The van der Waals surface area contributed by atoms with Gasteiger partial charge in [-0.1, -0.05) is 42.5 Å². The number of rotatable bonds is 7. The largest absolute Gasteiger partial charge is 0.493 e. The van der Waals surface area contributed by atoms with Crippen molar-refractivity contribution in [3.8, 4) is 17.2 Å². The molecule has 0 saturated carbocycles. The van der Waals surface area contributed by atoms with E-state index in [4.69, 9.17) is 14.2 Å². The predicted molar refractivity (Wildman–Crippen MR) is 120 cm³/mol. The van der Waals surface area contributed by atoms with E-state index in [0.29, 0.717) is 23.9 Å². The molecule has 0 saturated heterocycles. The summed E-state index contributed by atoms with van der Waals surface area (Å²) in [6.45, 7) is 2.24.